The number of hydrogen-bond donors (Lipinski definition) is 0. The van der Waals surface area contributed by atoms with Crippen molar-refractivity contribution in [2.45, 2.75) is 26.7 Å². The topological polar surface area (TPSA) is 30.0 Å². The van der Waals surface area contributed by atoms with Gasteiger partial charge in [0, 0.05) is 12.1 Å². The Balaban J connectivity index is 2.74. The van der Waals surface area contributed by atoms with Gasteiger partial charge in [0.1, 0.15) is 5.69 Å². The lowest BCUT2D eigenvalue weighted by atomic mass is 9.98. The first kappa shape index (κ1) is 11.2. The second-order valence-electron chi connectivity index (χ2n) is 3.42. The van der Waals surface area contributed by atoms with Crippen LogP contribution in [0, 0.1) is 5.92 Å². The SMILES string of the molecule is CCCC(C)C(=O)c1ccc(Cl)cn1. The van der Waals surface area contributed by atoms with E-state index in [0.717, 1.165) is 12.8 Å². The maximum Gasteiger partial charge on any atom is 0.183 e. The van der Waals surface area contributed by atoms with Crippen molar-refractivity contribution in [2.75, 3.05) is 0 Å². The third-order valence-electron chi connectivity index (χ3n) is 2.15. The van der Waals surface area contributed by atoms with E-state index in [1.54, 1.807) is 12.1 Å². The molecule has 1 aromatic rings. The van der Waals surface area contributed by atoms with Crippen molar-refractivity contribution in [3.63, 3.8) is 0 Å². The average molecular weight is 212 g/mol. The molecule has 0 N–H and O–H groups in total. The number of carbonyl (C=O) groups excluding carboxylic acids is 1. The predicted molar refractivity (Wildman–Crippen MR) is 57.6 cm³/mol. The third-order valence-corrected chi connectivity index (χ3v) is 2.37. The van der Waals surface area contributed by atoms with E-state index < -0.39 is 0 Å². The minimum atomic E-state index is 0.0497. The summed E-state index contributed by atoms with van der Waals surface area (Å²) in [7, 11) is 0. The summed E-state index contributed by atoms with van der Waals surface area (Å²) in [5.41, 5.74) is 0.510. The number of Topliss-reactive ketones (excluding diaryl/α,β-unsaturated/α-hetero) is 1. The standard InChI is InChI=1S/C11H14ClNO/c1-3-4-8(2)11(14)10-6-5-9(12)7-13-10/h5-8H,3-4H2,1-2H3. The van der Waals surface area contributed by atoms with E-state index in [9.17, 15) is 4.79 Å². The first-order valence-electron chi connectivity index (χ1n) is 4.81. The summed E-state index contributed by atoms with van der Waals surface area (Å²) in [6, 6.07) is 3.37. The normalized spacial score (nSPS) is 12.5. The molecule has 0 bridgehead atoms. The van der Waals surface area contributed by atoms with Gasteiger partial charge in [-0.2, -0.15) is 0 Å². The smallest absolute Gasteiger partial charge is 0.183 e. The Hall–Kier alpha value is -0.890. The van der Waals surface area contributed by atoms with Crippen LogP contribution in [0.2, 0.25) is 5.02 Å². The van der Waals surface area contributed by atoms with Gasteiger partial charge >= 0.3 is 0 Å². The molecule has 1 aromatic heterocycles. The fourth-order valence-electron chi connectivity index (χ4n) is 1.34. The number of rotatable bonds is 4. The number of halogens is 1. The summed E-state index contributed by atoms with van der Waals surface area (Å²) in [6.07, 6.45) is 3.43. The third kappa shape index (κ3) is 2.81. The van der Waals surface area contributed by atoms with E-state index in [-0.39, 0.29) is 11.7 Å². The van der Waals surface area contributed by atoms with Crippen LogP contribution in [0.15, 0.2) is 18.3 Å². The van der Waals surface area contributed by atoms with Crippen molar-refractivity contribution in [1.82, 2.24) is 4.98 Å². The van der Waals surface area contributed by atoms with Gasteiger partial charge < -0.3 is 0 Å². The molecule has 0 spiro atoms. The second-order valence-corrected chi connectivity index (χ2v) is 3.85. The van der Waals surface area contributed by atoms with Crippen LogP contribution in [-0.2, 0) is 0 Å². The van der Waals surface area contributed by atoms with Crippen LogP contribution in [0.1, 0.15) is 37.2 Å². The van der Waals surface area contributed by atoms with E-state index in [1.165, 1.54) is 6.20 Å². The zero-order chi connectivity index (χ0) is 10.6. The molecule has 0 aromatic carbocycles. The second kappa shape index (κ2) is 5.11. The number of hydrogen-bond acceptors (Lipinski definition) is 2. The molecule has 0 saturated heterocycles. The summed E-state index contributed by atoms with van der Waals surface area (Å²) in [4.78, 5) is 15.7. The molecule has 0 saturated carbocycles. The monoisotopic (exact) mass is 211 g/mol. The molecule has 3 heteroatoms. The Morgan fingerprint density at radius 2 is 2.29 bits per heavy atom. The molecule has 76 valence electrons. The first-order chi connectivity index (χ1) is 6.65. The summed E-state index contributed by atoms with van der Waals surface area (Å²) in [5, 5.41) is 0.560. The van der Waals surface area contributed by atoms with Crippen molar-refractivity contribution >= 4 is 17.4 Å². The van der Waals surface area contributed by atoms with Crippen LogP contribution in [0.3, 0.4) is 0 Å². The molecule has 1 rings (SSSR count). The Kier molecular flexibility index (Phi) is 4.08. The summed E-state index contributed by atoms with van der Waals surface area (Å²) < 4.78 is 0. The fourth-order valence-corrected chi connectivity index (χ4v) is 1.45. The molecule has 0 aliphatic carbocycles. The van der Waals surface area contributed by atoms with Crippen LogP contribution < -0.4 is 0 Å². The molecule has 0 aliphatic heterocycles. The lowest BCUT2D eigenvalue weighted by molar-refractivity contribution is 0.0918. The van der Waals surface area contributed by atoms with Gasteiger partial charge in [0.05, 0.1) is 5.02 Å². The van der Waals surface area contributed by atoms with E-state index in [1.807, 2.05) is 6.92 Å². The van der Waals surface area contributed by atoms with Gasteiger partial charge in [-0.3, -0.25) is 9.78 Å². The van der Waals surface area contributed by atoms with E-state index in [2.05, 4.69) is 11.9 Å². The average Bonchev–Trinajstić information content (AvgIpc) is 2.18. The van der Waals surface area contributed by atoms with E-state index in [0.29, 0.717) is 10.7 Å². The highest BCUT2D eigenvalue weighted by Gasteiger charge is 2.14. The molecule has 0 aliphatic rings. The van der Waals surface area contributed by atoms with Crippen LogP contribution in [0.5, 0.6) is 0 Å². The van der Waals surface area contributed by atoms with Gasteiger partial charge in [-0.25, -0.2) is 0 Å². The van der Waals surface area contributed by atoms with Crippen LogP contribution >= 0.6 is 11.6 Å². The predicted octanol–water partition coefficient (Wildman–Crippen LogP) is 3.35. The summed E-state index contributed by atoms with van der Waals surface area (Å²) >= 11 is 5.68. The highest BCUT2D eigenvalue weighted by atomic mass is 35.5. The van der Waals surface area contributed by atoms with Crippen LogP contribution in [0.25, 0.3) is 0 Å². The van der Waals surface area contributed by atoms with Crippen molar-refractivity contribution in [2.24, 2.45) is 5.92 Å². The Bertz CT molecular complexity index is 308. The molecular weight excluding hydrogens is 198 g/mol. The van der Waals surface area contributed by atoms with E-state index in [4.69, 9.17) is 11.6 Å². The number of carbonyl (C=O) groups is 1. The zero-order valence-electron chi connectivity index (χ0n) is 8.46. The van der Waals surface area contributed by atoms with E-state index >= 15 is 0 Å². The lowest BCUT2D eigenvalue weighted by Gasteiger charge is -2.07. The molecule has 0 radical (unpaired) electrons. The van der Waals surface area contributed by atoms with Gasteiger partial charge in [-0.05, 0) is 18.6 Å². The molecule has 0 amide bonds. The Morgan fingerprint density at radius 1 is 1.57 bits per heavy atom. The molecule has 14 heavy (non-hydrogen) atoms. The van der Waals surface area contributed by atoms with Gasteiger partial charge in [0.2, 0.25) is 0 Å². The molecule has 1 unspecified atom stereocenters. The van der Waals surface area contributed by atoms with Crippen LogP contribution in [0.4, 0.5) is 0 Å². The van der Waals surface area contributed by atoms with Gasteiger partial charge in [-0.15, -0.1) is 0 Å². The molecule has 2 nitrogen and oxygen atoms in total. The van der Waals surface area contributed by atoms with Crippen molar-refractivity contribution in [3.05, 3.63) is 29.0 Å². The minimum Gasteiger partial charge on any atom is -0.292 e. The highest BCUT2D eigenvalue weighted by Crippen LogP contribution is 2.13. The van der Waals surface area contributed by atoms with Crippen molar-refractivity contribution in [3.8, 4) is 0 Å². The number of nitrogens with zero attached hydrogens (tertiary/aromatic N) is 1. The number of aromatic nitrogens is 1. The van der Waals surface area contributed by atoms with Crippen molar-refractivity contribution in [1.29, 1.82) is 0 Å². The summed E-state index contributed by atoms with van der Waals surface area (Å²) in [6.45, 7) is 4.00. The molecule has 1 atom stereocenters. The number of pyridine rings is 1. The largest absolute Gasteiger partial charge is 0.292 e. The Morgan fingerprint density at radius 3 is 2.79 bits per heavy atom. The summed E-state index contributed by atoms with van der Waals surface area (Å²) in [5.74, 6) is 0.150. The number of ketones is 1. The van der Waals surface area contributed by atoms with Gasteiger partial charge in [0.15, 0.2) is 5.78 Å². The lowest BCUT2D eigenvalue weighted by Crippen LogP contribution is -2.12. The first-order valence-corrected chi connectivity index (χ1v) is 5.18. The highest BCUT2D eigenvalue weighted by molar-refractivity contribution is 6.30. The zero-order valence-corrected chi connectivity index (χ0v) is 9.21. The van der Waals surface area contributed by atoms with Crippen LogP contribution in [-0.4, -0.2) is 10.8 Å². The molecule has 0 fully saturated rings. The van der Waals surface area contributed by atoms with Gasteiger partial charge in [-0.1, -0.05) is 31.9 Å². The minimum absolute atomic E-state index is 0.0497. The fraction of sp³-hybridized carbons (Fsp3) is 0.455. The van der Waals surface area contributed by atoms with Crippen molar-refractivity contribution < 1.29 is 4.79 Å². The quantitative estimate of drug-likeness (QED) is 0.715. The van der Waals surface area contributed by atoms with Gasteiger partial charge in [0.25, 0.3) is 0 Å². The Labute approximate surface area is 89.3 Å². The maximum absolute atomic E-state index is 11.7. The molecule has 1 heterocycles. The molecular formula is C11H14ClNO. The maximum atomic E-state index is 11.7.